The number of hydrogen-bond donors (Lipinski definition) is 1. The van der Waals surface area contributed by atoms with Crippen LogP contribution in [0.3, 0.4) is 0 Å². The van der Waals surface area contributed by atoms with Crippen LogP contribution < -0.4 is 5.73 Å². The SMILES string of the molecule is CCCOP(=O)(Cc1ccc(N)cc1CCC)OCc1ccc(N=Cc2ccccc2)cc1. The number of nitrogen functional groups attached to an aromatic ring is 1. The topological polar surface area (TPSA) is 73.9 Å². The van der Waals surface area contributed by atoms with Crippen molar-refractivity contribution in [3.05, 3.63) is 95.1 Å². The van der Waals surface area contributed by atoms with Gasteiger partial charge in [0.1, 0.15) is 0 Å². The monoisotopic (exact) mass is 464 g/mol. The summed E-state index contributed by atoms with van der Waals surface area (Å²) in [6.45, 7) is 4.71. The normalized spacial score (nSPS) is 13.3. The first-order valence-electron chi connectivity index (χ1n) is 11.4. The highest BCUT2D eigenvalue weighted by Gasteiger charge is 2.26. The predicted molar refractivity (Wildman–Crippen MR) is 137 cm³/mol. The molecule has 3 rings (SSSR count). The number of aryl methyl sites for hydroxylation is 1. The summed E-state index contributed by atoms with van der Waals surface area (Å²) in [4.78, 5) is 4.50. The Morgan fingerprint density at radius 3 is 2.36 bits per heavy atom. The average Bonchev–Trinajstić information content (AvgIpc) is 2.83. The van der Waals surface area contributed by atoms with E-state index in [-0.39, 0.29) is 12.8 Å². The van der Waals surface area contributed by atoms with Gasteiger partial charge in [0.25, 0.3) is 0 Å². The summed E-state index contributed by atoms with van der Waals surface area (Å²) < 4.78 is 25.3. The maximum atomic E-state index is 13.6. The van der Waals surface area contributed by atoms with Gasteiger partial charge in [0.15, 0.2) is 0 Å². The average molecular weight is 465 g/mol. The van der Waals surface area contributed by atoms with E-state index in [0.29, 0.717) is 12.3 Å². The lowest BCUT2D eigenvalue weighted by atomic mass is 10.0. The zero-order chi connectivity index (χ0) is 23.5. The molecule has 0 saturated heterocycles. The zero-order valence-electron chi connectivity index (χ0n) is 19.4. The molecule has 0 aliphatic rings. The molecule has 0 aliphatic carbocycles. The summed E-state index contributed by atoms with van der Waals surface area (Å²) in [5.74, 6) is 0. The number of anilines is 1. The Morgan fingerprint density at radius 1 is 0.909 bits per heavy atom. The van der Waals surface area contributed by atoms with E-state index in [1.807, 2.05) is 85.9 Å². The van der Waals surface area contributed by atoms with Crippen LogP contribution in [0.5, 0.6) is 0 Å². The minimum atomic E-state index is -3.32. The van der Waals surface area contributed by atoms with Gasteiger partial charge in [-0.05, 0) is 59.4 Å². The molecule has 5 nitrogen and oxygen atoms in total. The van der Waals surface area contributed by atoms with Crippen LogP contribution in [-0.4, -0.2) is 12.8 Å². The van der Waals surface area contributed by atoms with E-state index in [9.17, 15) is 4.57 Å². The molecule has 0 heterocycles. The molecular weight excluding hydrogens is 431 g/mol. The summed E-state index contributed by atoms with van der Waals surface area (Å²) in [6, 6.07) is 23.4. The Kier molecular flexibility index (Phi) is 9.44. The number of nitrogens with two attached hydrogens (primary N) is 1. The summed E-state index contributed by atoms with van der Waals surface area (Å²) in [5.41, 5.74) is 11.5. The van der Waals surface area contributed by atoms with Crippen LogP contribution in [0.4, 0.5) is 11.4 Å². The molecule has 174 valence electrons. The van der Waals surface area contributed by atoms with Crippen molar-refractivity contribution in [2.24, 2.45) is 4.99 Å². The third-order valence-corrected chi connectivity index (χ3v) is 6.96. The fourth-order valence-electron chi connectivity index (χ4n) is 3.41. The predicted octanol–water partition coefficient (Wildman–Crippen LogP) is 7.31. The fourth-order valence-corrected chi connectivity index (χ4v) is 5.20. The zero-order valence-corrected chi connectivity index (χ0v) is 20.3. The lowest BCUT2D eigenvalue weighted by Crippen LogP contribution is -2.04. The van der Waals surface area contributed by atoms with Crippen LogP contribution in [-0.2, 0) is 32.8 Å². The van der Waals surface area contributed by atoms with Gasteiger partial charge in [-0.3, -0.25) is 9.56 Å². The molecular formula is C27H33N2O3P. The van der Waals surface area contributed by atoms with Crippen molar-refractivity contribution in [3.63, 3.8) is 0 Å². The second-order valence-corrected chi connectivity index (χ2v) is 10.0. The first-order chi connectivity index (χ1) is 16.0. The summed E-state index contributed by atoms with van der Waals surface area (Å²) >= 11 is 0. The Bertz CT molecular complexity index is 1080. The van der Waals surface area contributed by atoms with Gasteiger partial charge in [-0.15, -0.1) is 0 Å². The smallest absolute Gasteiger partial charge is 0.335 e. The van der Waals surface area contributed by atoms with E-state index < -0.39 is 7.60 Å². The van der Waals surface area contributed by atoms with Crippen LogP contribution >= 0.6 is 7.60 Å². The van der Waals surface area contributed by atoms with Crippen molar-refractivity contribution in [2.75, 3.05) is 12.3 Å². The van der Waals surface area contributed by atoms with E-state index in [0.717, 1.165) is 47.2 Å². The van der Waals surface area contributed by atoms with Gasteiger partial charge < -0.3 is 14.8 Å². The molecule has 0 fully saturated rings. The maximum absolute atomic E-state index is 13.6. The van der Waals surface area contributed by atoms with Crippen LogP contribution in [0.1, 0.15) is 48.9 Å². The molecule has 0 aromatic heterocycles. The van der Waals surface area contributed by atoms with Crippen LogP contribution in [0.15, 0.2) is 77.8 Å². The standard InChI is InChI=1S/C27H33N2O3P/c1-3-8-24-18-26(28)14-13-25(24)21-33(30,31-17-4-2)32-20-23-11-15-27(16-12-23)29-19-22-9-6-5-7-10-22/h5-7,9-16,18-19H,3-4,8,17,20-21,28H2,1-2H3. The molecule has 0 saturated carbocycles. The first-order valence-corrected chi connectivity index (χ1v) is 13.2. The molecule has 3 aromatic carbocycles. The minimum absolute atomic E-state index is 0.210. The lowest BCUT2D eigenvalue weighted by molar-refractivity contribution is 0.196. The quantitative estimate of drug-likeness (QED) is 0.173. The van der Waals surface area contributed by atoms with Crippen molar-refractivity contribution in [3.8, 4) is 0 Å². The molecule has 3 aromatic rings. The van der Waals surface area contributed by atoms with Gasteiger partial charge in [-0.1, -0.05) is 68.8 Å². The van der Waals surface area contributed by atoms with Crippen molar-refractivity contribution in [1.82, 2.24) is 0 Å². The van der Waals surface area contributed by atoms with E-state index in [4.69, 9.17) is 14.8 Å². The molecule has 1 atom stereocenters. The molecule has 1 unspecified atom stereocenters. The lowest BCUT2D eigenvalue weighted by Gasteiger charge is -2.20. The van der Waals surface area contributed by atoms with E-state index in [2.05, 4.69) is 11.9 Å². The van der Waals surface area contributed by atoms with Crippen LogP contribution in [0.25, 0.3) is 0 Å². The fraction of sp³-hybridized carbons (Fsp3) is 0.296. The maximum Gasteiger partial charge on any atom is 0.335 e. The Morgan fingerprint density at radius 2 is 1.67 bits per heavy atom. The Labute approximate surface area is 197 Å². The molecule has 6 heteroatoms. The van der Waals surface area contributed by atoms with Gasteiger partial charge in [-0.25, -0.2) is 0 Å². The minimum Gasteiger partial charge on any atom is -0.399 e. The van der Waals surface area contributed by atoms with Crippen molar-refractivity contribution >= 4 is 25.2 Å². The van der Waals surface area contributed by atoms with Gasteiger partial charge >= 0.3 is 7.60 Å². The van der Waals surface area contributed by atoms with Gasteiger partial charge in [0, 0.05) is 11.9 Å². The van der Waals surface area contributed by atoms with Gasteiger partial charge in [-0.2, -0.15) is 0 Å². The molecule has 0 spiro atoms. The summed E-state index contributed by atoms with van der Waals surface area (Å²) in [5, 5.41) is 0. The van der Waals surface area contributed by atoms with Crippen molar-refractivity contribution in [2.45, 2.75) is 45.9 Å². The molecule has 0 radical (unpaired) electrons. The van der Waals surface area contributed by atoms with Crippen molar-refractivity contribution in [1.29, 1.82) is 0 Å². The number of benzene rings is 3. The second kappa shape index (κ2) is 12.5. The van der Waals surface area contributed by atoms with Gasteiger partial charge in [0.05, 0.1) is 25.1 Å². The number of nitrogens with zero attached hydrogens (tertiary/aromatic N) is 1. The highest BCUT2D eigenvalue weighted by molar-refractivity contribution is 7.53. The van der Waals surface area contributed by atoms with Crippen LogP contribution in [0.2, 0.25) is 0 Å². The first kappa shape index (κ1) is 24.9. The van der Waals surface area contributed by atoms with E-state index in [1.165, 1.54) is 0 Å². The number of aliphatic imine (C=N–C) groups is 1. The molecule has 2 N–H and O–H groups in total. The van der Waals surface area contributed by atoms with Gasteiger partial charge in [0.2, 0.25) is 0 Å². The largest absolute Gasteiger partial charge is 0.399 e. The molecule has 33 heavy (non-hydrogen) atoms. The highest BCUT2D eigenvalue weighted by atomic mass is 31.2. The second-order valence-electron chi connectivity index (χ2n) is 7.99. The molecule has 0 amide bonds. The number of hydrogen-bond acceptors (Lipinski definition) is 5. The van der Waals surface area contributed by atoms with Crippen LogP contribution in [0, 0.1) is 0 Å². The summed E-state index contributed by atoms with van der Waals surface area (Å²) in [6.07, 6.45) is 4.70. The molecule has 0 aliphatic heterocycles. The Balaban J connectivity index is 1.68. The van der Waals surface area contributed by atoms with E-state index in [1.54, 1.807) is 0 Å². The third-order valence-electron chi connectivity index (χ3n) is 5.13. The van der Waals surface area contributed by atoms with Crippen molar-refractivity contribution < 1.29 is 13.6 Å². The third kappa shape index (κ3) is 7.97. The highest BCUT2D eigenvalue weighted by Crippen LogP contribution is 2.52. The summed E-state index contributed by atoms with van der Waals surface area (Å²) in [7, 11) is -3.32. The Hall–Kier alpha value is -2.72. The number of rotatable bonds is 12. The molecule has 0 bridgehead atoms. The van der Waals surface area contributed by atoms with E-state index >= 15 is 0 Å².